The van der Waals surface area contributed by atoms with E-state index in [2.05, 4.69) is 13.0 Å². The van der Waals surface area contributed by atoms with E-state index in [0.717, 1.165) is 50.7 Å². The standard InChI is InChI=1S/C26H40O5/c1-4-5-6-9-20(27)11-12-21-22-13-18-8-7-10-25(30-16-26(29)31-17(2)3)23(18)14-19(22)15-24(21)28/h7-8,10,17,19-22,24,27-28H,4-6,9,11-16H2,1-3H3. The van der Waals surface area contributed by atoms with Gasteiger partial charge in [-0.1, -0.05) is 38.3 Å². The number of aliphatic hydroxyl groups is 2. The maximum absolute atomic E-state index is 11.9. The molecule has 1 fully saturated rings. The molecule has 1 aromatic rings. The Kier molecular flexibility index (Phi) is 8.79. The van der Waals surface area contributed by atoms with Crippen molar-refractivity contribution in [1.29, 1.82) is 0 Å². The molecule has 0 radical (unpaired) electrons. The van der Waals surface area contributed by atoms with Crippen LogP contribution in [-0.2, 0) is 22.4 Å². The highest BCUT2D eigenvalue weighted by molar-refractivity contribution is 5.71. The Hall–Kier alpha value is -1.59. The van der Waals surface area contributed by atoms with Crippen LogP contribution in [0.3, 0.4) is 0 Å². The molecule has 0 bridgehead atoms. The lowest BCUT2D eigenvalue weighted by Gasteiger charge is -2.32. The van der Waals surface area contributed by atoms with Crippen molar-refractivity contribution < 1.29 is 24.5 Å². The van der Waals surface area contributed by atoms with Gasteiger partial charge in [0.15, 0.2) is 6.61 Å². The number of hydrogen-bond acceptors (Lipinski definition) is 5. The van der Waals surface area contributed by atoms with Gasteiger partial charge in [0.2, 0.25) is 0 Å². The van der Waals surface area contributed by atoms with Crippen LogP contribution in [0.25, 0.3) is 0 Å². The molecule has 0 saturated heterocycles. The number of esters is 1. The van der Waals surface area contributed by atoms with Crippen LogP contribution in [0.1, 0.15) is 76.8 Å². The topological polar surface area (TPSA) is 76.0 Å². The molecule has 2 aliphatic carbocycles. The second-order valence-corrected chi connectivity index (χ2v) is 9.75. The fourth-order valence-corrected chi connectivity index (χ4v) is 5.53. The summed E-state index contributed by atoms with van der Waals surface area (Å²) in [5, 5.41) is 21.1. The maximum atomic E-state index is 11.9. The minimum absolute atomic E-state index is 0.0795. The summed E-state index contributed by atoms with van der Waals surface area (Å²) >= 11 is 0. The largest absolute Gasteiger partial charge is 0.482 e. The third kappa shape index (κ3) is 6.45. The molecule has 0 amide bonds. The molecule has 5 atom stereocenters. The van der Waals surface area contributed by atoms with Crippen molar-refractivity contribution >= 4 is 5.97 Å². The number of rotatable bonds is 11. The summed E-state index contributed by atoms with van der Waals surface area (Å²) in [7, 11) is 0. The second kappa shape index (κ2) is 11.3. The number of fused-ring (bicyclic) bond motifs is 2. The van der Waals surface area contributed by atoms with Crippen molar-refractivity contribution in [2.75, 3.05) is 6.61 Å². The third-order valence-corrected chi connectivity index (χ3v) is 7.03. The van der Waals surface area contributed by atoms with Crippen molar-refractivity contribution in [3.8, 4) is 5.75 Å². The van der Waals surface area contributed by atoms with Gasteiger partial charge in [-0.2, -0.15) is 0 Å². The first-order valence-electron chi connectivity index (χ1n) is 12.2. The number of ether oxygens (including phenoxy) is 2. The lowest BCUT2D eigenvalue weighted by atomic mass is 9.73. The summed E-state index contributed by atoms with van der Waals surface area (Å²) in [6, 6.07) is 6.06. The molecule has 5 nitrogen and oxygen atoms in total. The SMILES string of the molecule is CCCCCC(O)CCC1C(O)CC2Cc3c(cccc3OCC(=O)OC(C)C)CC21. The predicted molar refractivity (Wildman–Crippen MR) is 121 cm³/mol. The predicted octanol–water partition coefficient (Wildman–Crippen LogP) is 4.45. The molecule has 2 aliphatic rings. The van der Waals surface area contributed by atoms with Crippen LogP contribution in [0.4, 0.5) is 0 Å². The van der Waals surface area contributed by atoms with Gasteiger partial charge in [0, 0.05) is 0 Å². The molecule has 3 rings (SSSR count). The highest BCUT2D eigenvalue weighted by atomic mass is 16.6. The first-order chi connectivity index (χ1) is 14.9. The molecular formula is C26H40O5. The van der Waals surface area contributed by atoms with E-state index >= 15 is 0 Å². The molecule has 2 N–H and O–H groups in total. The van der Waals surface area contributed by atoms with Gasteiger partial charge in [-0.15, -0.1) is 0 Å². The second-order valence-electron chi connectivity index (χ2n) is 9.75. The van der Waals surface area contributed by atoms with E-state index in [9.17, 15) is 15.0 Å². The van der Waals surface area contributed by atoms with E-state index in [1.165, 1.54) is 24.0 Å². The minimum Gasteiger partial charge on any atom is -0.482 e. The first kappa shape index (κ1) is 24.1. The van der Waals surface area contributed by atoms with Gasteiger partial charge in [-0.05, 0) is 87.3 Å². The molecule has 0 heterocycles. The highest BCUT2D eigenvalue weighted by Crippen LogP contribution is 2.48. The van der Waals surface area contributed by atoms with Gasteiger partial charge in [-0.3, -0.25) is 0 Å². The van der Waals surface area contributed by atoms with E-state index in [1.54, 1.807) is 0 Å². The lowest BCUT2D eigenvalue weighted by Crippen LogP contribution is -2.28. The Morgan fingerprint density at radius 1 is 1.19 bits per heavy atom. The van der Waals surface area contributed by atoms with Crippen molar-refractivity contribution in [1.82, 2.24) is 0 Å². The molecule has 5 unspecified atom stereocenters. The lowest BCUT2D eigenvalue weighted by molar-refractivity contribution is -0.149. The fourth-order valence-electron chi connectivity index (χ4n) is 5.53. The summed E-state index contributed by atoms with van der Waals surface area (Å²) in [4.78, 5) is 11.9. The smallest absolute Gasteiger partial charge is 0.344 e. The number of carbonyl (C=O) groups is 1. The maximum Gasteiger partial charge on any atom is 0.344 e. The van der Waals surface area contributed by atoms with Crippen LogP contribution < -0.4 is 4.74 Å². The van der Waals surface area contributed by atoms with Crippen LogP contribution in [0.5, 0.6) is 5.75 Å². The summed E-state index contributed by atoms with van der Waals surface area (Å²) in [5.74, 6) is 1.55. The number of hydrogen-bond donors (Lipinski definition) is 2. The molecule has 1 saturated carbocycles. The van der Waals surface area contributed by atoms with Crippen LogP contribution in [0, 0.1) is 17.8 Å². The summed E-state index contributed by atoms with van der Waals surface area (Å²) < 4.78 is 11.0. The number of benzene rings is 1. The highest BCUT2D eigenvalue weighted by Gasteiger charge is 2.44. The van der Waals surface area contributed by atoms with Crippen LogP contribution >= 0.6 is 0 Å². The molecular weight excluding hydrogens is 392 g/mol. The Balaban J connectivity index is 1.60. The third-order valence-electron chi connectivity index (χ3n) is 7.03. The zero-order chi connectivity index (χ0) is 22.4. The Labute approximate surface area is 187 Å². The normalized spacial score (nSPS) is 25.7. The van der Waals surface area contributed by atoms with Crippen LogP contribution in [-0.4, -0.2) is 41.1 Å². The van der Waals surface area contributed by atoms with Crippen molar-refractivity contribution in [2.24, 2.45) is 17.8 Å². The first-order valence-corrected chi connectivity index (χ1v) is 12.2. The minimum atomic E-state index is -0.352. The molecule has 174 valence electrons. The average molecular weight is 433 g/mol. The van der Waals surface area contributed by atoms with Crippen molar-refractivity contribution in [3.05, 3.63) is 29.3 Å². The Bertz CT molecular complexity index is 716. The zero-order valence-electron chi connectivity index (χ0n) is 19.4. The van der Waals surface area contributed by atoms with E-state index in [0.29, 0.717) is 11.8 Å². The van der Waals surface area contributed by atoms with Gasteiger partial charge in [0.1, 0.15) is 5.75 Å². The van der Waals surface area contributed by atoms with Crippen molar-refractivity contribution in [3.63, 3.8) is 0 Å². The van der Waals surface area contributed by atoms with E-state index in [4.69, 9.17) is 9.47 Å². The van der Waals surface area contributed by atoms with Gasteiger partial charge in [0.25, 0.3) is 0 Å². The monoisotopic (exact) mass is 432 g/mol. The summed E-state index contributed by atoms with van der Waals surface area (Å²) in [5.41, 5.74) is 2.44. The van der Waals surface area contributed by atoms with Crippen molar-refractivity contribution in [2.45, 2.75) is 96.9 Å². The molecule has 0 spiro atoms. The van der Waals surface area contributed by atoms with Gasteiger partial charge >= 0.3 is 5.97 Å². The molecule has 0 aromatic heterocycles. The zero-order valence-corrected chi connectivity index (χ0v) is 19.4. The van der Waals surface area contributed by atoms with Gasteiger partial charge in [-0.25, -0.2) is 4.79 Å². The van der Waals surface area contributed by atoms with Gasteiger partial charge in [0.05, 0.1) is 18.3 Å². The molecule has 31 heavy (non-hydrogen) atoms. The molecule has 5 heteroatoms. The van der Waals surface area contributed by atoms with Gasteiger partial charge < -0.3 is 19.7 Å². The Morgan fingerprint density at radius 2 is 2.00 bits per heavy atom. The fraction of sp³-hybridized carbons (Fsp3) is 0.731. The summed E-state index contributed by atoms with van der Waals surface area (Å²) in [6.45, 7) is 5.75. The average Bonchev–Trinajstić information content (AvgIpc) is 3.02. The van der Waals surface area contributed by atoms with E-state index < -0.39 is 0 Å². The summed E-state index contributed by atoms with van der Waals surface area (Å²) in [6.07, 6.45) is 7.89. The number of aliphatic hydroxyl groups excluding tert-OH is 2. The number of carbonyl (C=O) groups excluding carboxylic acids is 1. The molecule has 1 aromatic carbocycles. The van der Waals surface area contributed by atoms with E-state index in [1.807, 2.05) is 26.0 Å². The molecule has 0 aliphatic heterocycles. The quantitative estimate of drug-likeness (QED) is 0.399. The van der Waals surface area contributed by atoms with Crippen LogP contribution in [0.2, 0.25) is 0 Å². The van der Waals surface area contributed by atoms with Crippen LogP contribution in [0.15, 0.2) is 18.2 Å². The van der Waals surface area contributed by atoms with E-state index in [-0.39, 0.29) is 36.8 Å². The number of unbranched alkanes of at least 4 members (excludes halogenated alkanes) is 2. The Morgan fingerprint density at radius 3 is 2.74 bits per heavy atom.